The number of amides is 1. The number of fused-ring (bicyclic) bond motifs is 1. The van der Waals surface area contributed by atoms with Crippen LogP contribution in [0.5, 0.6) is 0 Å². The molecule has 0 fully saturated rings. The summed E-state index contributed by atoms with van der Waals surface area (Å²) in [5.74, 6) is -0.869. The average molecular weight is 403 g/mol. The van der Waals surface area contributed by atoms with Crippen molar-refractivity contribution in [2.24, 2.45) is 0 Å². The molecule has 1 aromatic carbocycles. The van der Waals surface area contributed by atoms with Crippen molar-refractivity contribution in [3.05, 3.63) is 57.7 Å². The lowest BCUT2D eigenvalue weighted by atomic mass is 10.1. The lowest BCUT2D eigenvalue weighted by Crippen LogP contribution is -2.09. The Morgan fingerprint density at radius 3 is 3.00 bits per heavy atom. The maximum Gasteiger partial charge on any atom is 0.261 e. The normalized spacial score (nSPS) is 13.7. The molecule has 6 nitrogen and oxygen atoms in total. The molecular formula is C19H15F2N3O3S. The van der Waals surface area contributed by atoms with Gasteiger partial charge in [-0.3, -0.25) is 4.79 Å². The zero-order chi connectivity index (χ0) is 19.7. The lowest BCUT2D eigenvalue weighted by molar-refractivity contribution is -0.111. The fourth-order valence-corrected chi connectivity index (χ4v) is 4.09. The van der Waals surface area contributed by atoms with Gasteiger partial charge in [0, 0.05) is 16.5 Å². The summed E-state index contributed by atoms with van der Waals surface area (Å²) in [4.78, 5) is 17.6. The molecule has 4 rings (SSSR count). The van der Waals surface area contributed by atoms with Crippen LogP contribution in [0.15, 0.2) is 28.8 Å². The van der Waals surface area contributed by atoms with Gasteiger partial charge in [-0.25, -0.2) is 8.78 Å². The first-order valence-corrected chi connectivity index (χ1v) is 9.30. The van der Waals surface area contributed by atoms with E-state index in [1.807, 2.05) is 0 Å². The number of aromatic nitrogens is 2. The van der Waals surface area contributed by atoms with Crippen LogP contribution in [0.1, 0.15) is 21.8 Å². The summed E-state index contributed by atoms with van der Waals surface area (Å²) in [7, 11) is 0. The molecule has 144 valence electrons. The van der Waals surface area contributed by atoms with Crippen molar-refractivity contribution in [2.45, 2.75) is 20.0 Å². The second-order valence-electron chi connectivity index (χ2n) is 6.15. The summed E-state index contributed by atoms with van der Waals surface area (Å²) in [6.07, 6.45) is 3.04. The SMILES string of the molecule is Cc1noc(-c2c(NC(=O)/C=C/c3cc(F)ccc3F)sc3c2CCOC3)n1. The number of anilines is 1. The summed E-state index contributed by atoms with van der Waals surface area (Å²) in [5, 5.41) is 7.14. The Bertz CT molecular complexity index is 1070. The second-order valence-corrected chi connectivity index (χ2v) is 7.25. The Balaban J connectivity index is 1.62. The third-order valence-corrected chi connectivity index (χ3v) is 5.29. The number of rotatable bonds is 4. The number of hydrogen-bond acceptors (Lipinski definition) is 6. The van der Waals surface area contributed by atoms with E-state index in [1.165, 1.54) is 17.4 Å². The fraction of sp³-hybridized carbons (Fsp3) is 0.211. The topological polar surface area (TPSA) is 77.2 Å². The Morgan fingerprint density at radius 2 is 2.21 bits per heavy atom. The summed E-state index contributed by atoms with van der Waals surface area (Å²) in [5.41, 5.74) is 1.68. The molecule has 1 aliphatic rings. The second kappa shape index (κ2) is 7.61. The molecule has 9 heteroatoms. The van der Waals surface area contributed by atoms with Crippen LogP contribution < -0.4 is 5.32 Å². The fourth-order valence-electron chi connectivity index (χ4n) is 2.91. The molecule has 1 N–H and O–H groups in total. The van der Waals surface area contributed by atoms with Crippen molar-refractivity contribution in [1.29, 1.82) is 0 Å². The van der Waals surface area contributed by atoms with Gasteiger partial charge in [0.1, 0.15) is 16.6 Å². The highest BCUT2D eigenvalue weighted by Gasteiger charge is 2.26. The molecule has 0 aliphatic carbocycles. The van der Waals surface area contributed by atoms with E-state index in [0.717, 1.165) is 34.7 Å². The molecule has 2 aromatic heterocycles. The first-order valence-electron chi connectivity index (χ1n) is 8.48. The minimum atomic E-state index is -0.615. The lowest BCUT2D eigenvalue weighted by Gasteiger charge is -2.12. The van der Waals surface area contributed by atoms with E-state index in [4.69, 9.17) is 9.26 Å². The highest BCUT2D eigenvalue weighted by atomic mass is 32.1. The van der Waals surface area contributed by atoms with Crippen molar-refractivity contribution in [3.63, 3.8) is 0 Å². The summed E-state index contributed by atoms with van der Waals surface area (Å²) in [6, 6.07) is 3.05. The predicted octanol–water partition coefficient (Wildman–Crippen LogP) is 4.11. The Kier molecular flexibility index (Phi) is 5.01. The summed E-state index contributed by atoms with van der Waals surface area (Å²) >= 11 is 1.37. The van der Waals surface area contributed by atoms with E-state index in [9.17, 15) is 13.6 Å². The summed E-state index contributed by atoms with van der Waals surface area (Å²) in [6.45, 7) is 2.72. The molecule has 1 amide bonds. The number of benzene rings is 1. The molecule has 3 aromatic rings. The molecule has 0 saturated carbocycles. The molecule has 0 unspecified atom stereocenters. The van der Waals surface area contributed by atoms with Crippen LogP contribution in [0.3, 0.4) is 0 Å². The van der Waals surface area contributed by atoms with Gasteiger partial charge >= 0.3 is 0 Å². The average Bonchev–Trinajstić information content (AvgIpc) is 3.25. The van der Waals surface area contributed by atoms with Crippen molar-refractivity contribution in [2.75, 3.05) is 11.9 Å². The van der Waals surface area contributed by atoms with Crippen molar-refractivity contribution < 1.29 is 22.8 Å². The van der Waals surface area contributed by atoms with E-state index >= 15 is 0 Å². The summed E-state index contributed by atoms with van der Waals surface area (Å²) < 4.78 is 37.7. The molecule has 1 aliphatic heterocycles. The van der Waals surface area contributed by atoms with Crippen LogP contribution in [-0.4, -0.2) is 22.7 Å². The molecule has 28 heavy (non-hydrogen) atoms. The molecule has 3 heterocycles. The molecule has 0 bridgehead atoms. The van der Waals surface area contributed by atoms with Crippen LogP contribution in [0.4, 0.5) is 13.8 Å². The number of nitrogens with one attached hydrogen (secondary N) is 1. The van der Waals surface area contributed by atoms with Crippen LogP contribution in [-0.2, 0) is 22.6 Å². The molecule has 0 radical (unpaired) electrons. The molecule has 0 spiro atoms. The van der Waals surface area contributed by atoms with E-state index < -0.39 is 17.5 Å². The number of nitrogens with zero attached hydrogens (tertiary/aromatic N) is 2. The highest BCUT2D eigenvalue weighted by Crippen LogP contribution is 2.42. The number of aryl methyl sites for hydroxylation is 1. The standard InChI is InChI=1S/C19H15F2N3O3S/c1-10-22-18(27-24-10)17-13-6-7-26-9-15(13)28-19(17)23-16(25)5-2-11-8-12(20)3-4-14(11)21/h2-5,8H,6-7,9H2,1H3,(H,23,25)/b5-2+. The van der Waals surface area contributed by atoms with Gasteiger partial charge in [0.15, 0.2) is 5.82 Å². The van der Waals surface area contributed by atoms with Crippen molar-refractivity contribution in [3.8, 4) is 11.5 Å². The van der Waals surface area contributed by atoms with Gasteiger partial charge in [-0.2, -0.15) is 4.98 Å². The van der Waals surface area contributed by atoms with Crippen molar-refractivity contribution in [1.82, 2.24) is 10.1 Å². The van der Waals surface area contributed by atoms with Gasteiger partial charge in [-0.15, -0.1) is 11.3 Å². The van der Waals surface area contributed by atoms with Gasteiger partial charge in [0.25, 0.3) is 5.89 Å². The zero-order valence-electron chi connectivity index (χ0n) is 14.8. The first-order chi connectivity index (χ1) is 13.5. The molecular weight excluding hydrogens is 388 g/mol. The maximum atomic E-state index is 13.7. The smallest absolute Gasteiger partial charge is 0.261 e. The van der Waals surface area contributed by atoms with E-state index in [1.54, 1.807) is 6.92 Å². The Hall–Kier alpha value is -2.91. The van der Waals surface area contributed by atoms with Crippen LogP contribution >= 0.6 is 11.3 Å². The number of halogens is 2. The minimum Gasteiger partial charge on any atom is -0.376 e. The monoisotopic (exact) mass is 403 g/mol. The van der Waals surface area contributed by atoms with Gasteiger partial charge in [-0.1, -0.05) is 5.16 Å². The van der Waals surface area contributed by atoms with Crippen LogP contribution in [0.25, 0.3) is 17.5 Å². The number of thiophene rings is 1. The molecule has 0 atom stereocenters. The maximum absolute atomic E-state index is 13.7. The number of carbonyl (C=O) groups is 1. The number of ether oxygens (including phenoxy) is 1. The predicted molar refractivity (Wildman–Crippen MR) is 99.7 cm³/mol. The van der Waals surface area contributed by atoms with Gasteiger partial charge in [-0.05, 0) is 43.2 Å². The minimum absolute atomic E-state index is 0.0122. The van der Waals surface area contributed by atoms with Crippen molar-refractivity contribution >= 4 is 28.3 Å². The van der Waals surface area contributed by atoms with Gasteiger partial charge in [0.2, 0.25) is 5.91 Å². The highest BCUT2D eigenvalue weighted by molar-refractivity contribution is 7.17. The number of carbonyl (C=O) groups excluding carboxylic acids is 1. The third kappa shape index (κ3) is 3.71. The largest absolute Gasteiger partial charge is 0.376 e. The van der Waals surface area contributed by atoms with E-state index in [2.05, 4.69) is 15.5 Å². The Labute approximate surface area is 162 Å². The van der Waals surface area contributed by atoms with Crippen LogP contribution in [0.2, 0.25) is 0 Å². The zero-order valence-corrected chi connectivity index (χ0v) is 15.6. The number of hydrogen-bond donors (Lipinski definition) is 1. The van der Waals surface area contributed by atoms with E-state index in [-0.39, 0.29) is 5.56 Å². The quantitative estimate of drug-likeness (QED) is 0.664. The van der Waals surface area contributed by atoms with Gasteiger partial charge in [0.05, 0.1) is 18.8 Å². The molecule has 0 saturated heterocycles. The van der Waals surface area contributed by atoms with Crippen LogP contribution in [0, 0.1) is 18.6 Å². The third-order valence-electron chi connectivity index (χ3n) is 4.17. The first kappa shape index (κ1) is 18.5. The van der Waals surface area contributed by atoms with E-state index in [0.29, 0.717) is 41.9 Å². The van der Waals surface area contributed by atoms with Gasteiger partial charge < -0.3 is 14.6 Å². The Morgan fingerprint density at radius 1 is 1.36 bits per heavy atom.